The Hall–Kier alpha value is -1.52. The normalized spacial score (nSPS) is 29.3. The summed E-state index contributed by atoms with van der Waals surface area (Å²) < 4.78 is 19.7. The Morgan fingerprint density at radius 2 is 1.77 bits per heavy atom. The molecule has 4 aliphatic rings. The monoisotopic (exact) mass is 428 g/mol. The van der Waals surface area contributed by atoms with Crippen LogP contribution in [-0.2, 0) is 9.47 Å². The third-order valence-corrected chi connectivity index (χ3v) is 8.45. The Morgan fingerprint density at radius 1 is 1.06 bits per heavy atom. The van der Waals surface area contributed by atoms with Gasteiger partial charge in [0, 0.05) is 5.56 Å². The molecule has 172 valence electrons. The van der Waals surface area contributed by atoms with Crippen LogP contribution in [0.4, 0.5) is 0 Å². The summed E-state index contributed by atoms with van der Waals surface area (Å²) in [5.74, 6) is 4.01. The first-order chi connectivity index (χ1) is 14.9. The molecule has 4 heteroatoms. The van der Waals surface area contributed by atoms with E-state index in [0.717, 1.165) is 53.5 Å². The molecule has 31 heavy (non-hydrogen) atoms. The van der Waals surface area contributed by atoms with Crippen LogP contribution in [0.3, 0.4) is 0 Å². The van der Waals surface area contributed by atoms with E-state index in [0.29, 0.717) is 18.4 Å². The fraction of sp³-hybridized carbons (Fsp3) is 0.704. The van der Waals surface area contributed by atoms with Crippen LogP contribution in [0.15, 0.2) is 29.8 Å². The van der Waals surface area contributed by atoms with Gasteiger partial charge in [-0.1, -0.05) is 12.1 Å². The van der Waals surface area contributed by atoms with Gasteiger partial charge in [0.2, 0.25) is 0 Å². The molecule has 1 aromatic rings. The molecule has 4 saturated carbocycles. The minimum Gasteiger partial charge on any atom is -0.496 e. The topological polar surface area (TPSA) is 27.7 Å². The predicted octanol–water partition coefficient (Wildman–Crippen LogP) is 5.52. The van der Waals surface area contributed by atoms with E-state index in [1.54, 1.807) is 5.57 Å². The second-order valence-corrected chi connectivity index (χ2v) is 10.3. The number of allylic oxidation sites excluding steroid dienone is 1. The lowest BCUT2D eigenvalue weighted by Crippen LogP contribution is -2.54. The molecule has 4 bridgehead atoms. The second kappa shape index (κ2) is 9.15. The van der Waals surface area contributed by atoms with Crippen molar-refractivity contribution in [2.75, 3.05) is 47.0 Å². The SMILES string of the molecule is CCOc1cccc(C(OC)=C2C3CC4CC2CC(OCC[N+](C)(CC)CC)(C4)C3)c1. The van der Waals surface area contributed by atoms with Crippen LogP contribution < -0.4 is 4.74 Å². The summed E-state index contributed by atoms with van der Waals surface area (Å²) in [6.45, 7) is 11.6. The molecule has 1 aromatic carbocycles. The molecule has 0 heterocycles. The highest BCUT2D eigenvalue weighted by molar-refractivity contribution is 5.66. The first-order valence-corrected chi connectivity index (χ1v) is 12.4. The van der Waals surface area contributed by atoms with Crippen molar-refractivity contribution in [2.24, 2.45) is 17.8 Å². The predicted molar refractivity (Wildman–Crippen MR) is 126 cm³/mol. The van der Waals surface area contributed by atoms with Gasteiger partial charge >= 0.3 is 0 Å². The quantitative estimate of drug-likeness (QED) is 0.362. The fourth-order valence-corrected chi connectivity index (χ4v) is 6.58. The fourth-order valence-electron chi connectivity index (χ4n) is 6.58. The van der Waals surface area contributed by atoms with Gasteiger partial charge in [-0.3, -0.25) is 0 Å². The van der Waals surface area contributed by atoms with Crippen LogP contribution in [0.1, 0.15) is 58.4 Å². The molecular formula is C27H42NO3+. The number of likely N-dealkylation sites (N-methyl/N-ethyl adjacent to an activating group) is 1. The van der Waals surface area contributed by atoms with Crippen LogP contribution in [-0.4, -0.2) is 57.1 Å². The zero-order valence-electron chi connectivity index (χ0n) is 20.3. The largest absolute Gasteiger partial charge is 0.496 e. The number of quaternary nitrogens is 1. The third kappa shape index (κ3) is 4.52. The molecule has 0 amide bonds. The number of nitrogens with zero attached hydrogens (tertiary/aromatic N) is 1. The molecule has 0 N–H and O–H groups in total. The van der Waals surface area contributed by atoms with E-state index in [2.05, 4.69) is 39.1 Å². The van der Waals surface area contributed by atoms with E-state index in [1.165, 1.54) is 32.4 Å². The van der Waals surface area contributed by atoms with Gasteiger partial charge in [0.25, 0.3) is 0 Å². The van der Waals surface area contributed by atoms with Gasteiger partial charge in [-0.2, -0.15) is 0 Å². The Morgan fingerprint density at radius 3 is 2.39 bits per heavy atom. The zero-order chi connectivity index (χ0) is 22.1. The summed E-state index contributed by atoms with van der Waals surface area (Å²) in [5, 5.41) is 0. The first-order valence-electron chi connectivity index (χ1n) is 12.4. The molecule has 0 radical (unpaired) electrons. The van der Waals surface area contributed by atoms with Crippen molar-refractivity contribution in [3.8, 4) is 5.75 Å². The molecule has 0 saturated heterocycles. The number of hydrogen-bond acceptors (Lipinski definition) is 3. The highest BCUT2D eigenvalue weighted by Crippen LogP contribution is 2.60. The Labute approximate surface area is 189 Å². The van der Waals surface area contributed by atoms with Gasteiger partial charge in [0.1, 0.15) is 18.1 Å². The lowest BCUT2D eigenvalue weighted by atomic mass is 9.52. The van der Waals surface area contributed by atoms with Crippen LogP contribution in [0.25, 0.3) is 5.76 Å². The van der Waals surface area contributed by atoms with E-state index >= 15 is 0 Å². The van der Waals surface area contributed by atoms with Gasteiger partial charge < -0.3 is 18.7 Å². The molecule has 4 fully saturated rings. The molecule has 4 nitrogen and oxygen atoms in total. The number of rotatable bonds is 10. The van der Waals surface area contributed by atoms with E-state index in [-0.39, 0.29) is 5.60 Å². The van der Waals surface area contributed by atoms with Gasteiger partial charge in [-0.15, -0.1) is 0 Å². The number of hydrogen-bond donors (Lipinski definition) is 0. The summed E-state index contributed by atoms with van der Waals surface area (Å²) in [5.41, 5.74) is 2.80. The van der Waals surface area contributed by atoms with Crippen LogP contribution in [0, 0.1) is 17.8 Å². The minimum absolute atomic E-state index is 0.0956. The van der Waals surface area contributed by atoms with Gasteiger partial charge in [-0.05, 0) is 88.3 Å². The molecule has 0 aliphatic heterocycles. The summed E-state index contributed by atoms with van der Waals surface area (Å²) >= 11 is 0. The lowest BCUT2D eigenvalue weighted by Gasteiger charge is -2.57. The van der Waals surface area contributed by atoms with Crippen molar-refractivity contribution in [3.63, 3.8) is 0 Å². The van der Waals surface area contributed by atoms with Gasteiger partial charge in [0.15, 0.2) is 0 Å². The highest BCUT2D eigenvalue weighted by Gasteiger charge is 2.55. The van der Waals surface area contributed by atoms with Crippen LogP contribution >= 0.6 is 0 Å². The number of methoxy groups -OCH3 is 1. The number of ether oxygens (including phenoxy) is 3. The molecule has 2 unspecified atom stereocenters. The molecule has 0 spiro atoms. The maximum atomic E-state index is 6.76. The van der Waals surface area contributed by atoms with Crippen molar-refractivity contribution >= 4 is 5.76 Å². The smallest absolute Gasteiger partial charge is 0.125 e. The summed E-state index contributed by atoms with van der Waals surface area (Å²) in [7, 11) is 4.19. The molecule has 2 atom stereocenters. The van der Waals surface area contributed by atoms with Crippen molar-refractivity contribution in [2.45, 2.75) is 58.5 Å². The van der Waals surface area contributed by atoms with E-state index < -0.39 is 0 Å². The summed E-state index contributed by atoms with van der Waals surface area (Å²) in [6, 6.07) is 8.42. The van der Waals surface area contributed by atoms with E-state index in [1.807, 2.05) is 20.1 Å². The first kappa shape index (κ1) is 22.7. The third-order valence-electron chi connectivity index (χ3n) is 8.45. The molecule has 5 rings (SSSR count). The van der Waals surface area contributed by atoms with Gasteiger partial charge in [-0.25, -0.2) is 0 Å². The molecule has 4 aliphatic carbocycles. The van der Waals surface area contributed by atoms with Crippen molar-refractivity contribution in [1.29, 1.82) is 0 Å². The standard InChI is InChI=1S/C27H42NO3/c1-6-28(4,7-2)12-13-31-27-17-20-14-22(18-27)25(23(15-20)19-27)26(29-5)21-10-9-11-24(16-21)30-8-3/h9-11,16,20,22-23H,6-8,12-15,17-19H2,1-5H3/q+1. The van der Waals surface area contributed by atoms with Crippen molar-refractivity contribution in [1.82, 2.24) is 0 Å². The average molecular weight is 429 g/mol. The minimum atomic E-state index is 0.0956. The summed E-state index contributed by atoms with van der Waals surface area (Å²) in [6.07, 6.45) is 6.18. The van der Waals surface area contributed by atoms with Crippen LogP contribution in [0.2, 0.25) is 0 Å². The summed E-state index contributed by atoms with van der Waals surface area (Å²) in [4.78, 5) is 0. The molecule has 0 aromatic heterocycles. The van der Waals surface area contributed by atoms with Crippen LogP contribution in [0.5, 0.6) is 5.75 Å². The lowest BCUT2D eigenvalue weighted by molar-refractivity contribution is -0.906. The second-order valence-electron chi connectivity index (χ2n) is 10.3. The Balaban J connectivity index is 1.54. The maximum Gasteiger partial charge on any atom is 0.125 e. The maximum absolute atomic E-state index is 6.76. The Kier molecular flexibility index (Phi) is 6.69. The van der Waals surface area contributed by atoms with Crippen molar-refractivity contribution in [3.05, 3.63) is 35.4 Å². The van der Waals surface area contributed by atoms with E-state index in [9.17, 15) is 0 Å². The average Bonchev–Trinajstić information content (AvgIpc) is 2.76. The molecular weight excluding hydrogens is 386 g/mol. The van der Waals surface area contributed by atoms with E-state index in [4.69, 9.17) is 14.2 Å². The number of benzene rings is 1. The van der Waals surface area contributed by atoms with Gasteiger partial charge in [0.05, 0.1) is 46.1 Å². The zero-order valence-corrected chi connectivity index (χ0v) is 20.3. The van der Waals surface area contributed by atoms with Crippen molar-refractivity contribution < 1.29 is 18.7 Å². The highest BCUT2D eigenvalue weighted by atomic mass is 16.5. The Bertz CT molecular complexity index is 779.